The number of thiocarbonyl (C=S) groups is 1. The van der Waals surface area contributed by atoms with Crippen molar-refractivity contribution >= 4 is 39.7 Å². The van der Waals surface area contributed by atoms with E-state index in [0.29, 0.717) is 10.7 Å². The number of rotatable bonds is 2. The number of aryl methyl sites for hydroxylation is 1. The van der Waals surface area contributed by atoms with Crippen molar-refractivity contribution in [3.8, 4) is 0 Å². The van der Waals surface area contributed by atoms with Gasteiger partial charge in [-0.25, -0.2) is 0 Å². The third-order valence-electron chi connectivity index (χ3n) is 4.15. The van der Waals surface area contributed by atoms with Gasteiger partial charge in [-0.1, -0.05) is 42.5 Å². The van der Waals surface area contributed by atoms with Gasteiger partial charge in [0.15, 0.2) is 5.11 Å². The molecule has 0 aromatic heterocycles. The zero-order valence-electron chi connectivity index (χ0n) is 14.1. The number of nitrogens with one attached hydrogen (secondary N) is 3. The van der Waals surface area contributed by atoms with Crippen LogP contribution in [0.4, 0.5) is 5.69 Å². The maximum atomic E-state index is 12.3. The number of hydrogen-bond donors (Lipinski definition) is 3. The average Bonchev–Trinajstić information content (AvgIpc) is 2.63. The number of carbonyl (C=O) groups excluding carboxylic acids is 1. The molecule has 0 radical (unpaired) electrons. The Balaban J connectivity index is 1.63. The van der Waals surface area contributed by atoms with Crippen LogP contribution in [-0.2, 0) is 0 Å². The predicted octanol–water partition coefficient (Wildman–Crippen LogP) is 4.09. The Bertz CT molecular complexity index is 953. The Labute approximate surface area is 152 Å². The zero-order chi connectivity index (χ0) is 17.8. The highest BCUT2D eigenvalue weighted by Gasteiger charge is 2.07. The number of amides is 1. The van der Waals surface area contributed by atoms with E-state index < -0.39 is 0 Å². The summed E-state index contributed by atoms with van der Waals surface area (Å²) in [6.45, 7) is 4.06. The fourth-order valence-electron chi connectivity index (χ4n) is 2.56. The summed E-state index contributed by atoms with van der Waals surface area (Å²) >= 11 is 5.25. The lowest BCUT2D eigenvalue weighted by atomic mass is 10.1. The molecular weight excluding hydrogens is 330 g/mol. The van der Waals surface area contributed by atoms with Gasteiger partial charge in [-0.2, -0.15) is 0 Å². The number of hydrogen-bond acceptors (Lipinski definition) is 2. The molecular formula is C20H19N3OS. The Kier molecular flexibility index (Phi) is 4.95. The number of anilines is 1. The van der Waals surface area contributed by atoms with Crippen LogP contribution in [0.2, 0.25) is 0 Å². The lowest BCUT2D eigenvalue weighted by molar-refractivity contribution is 0.0944. The van der Waals surface area contributed by atoms with Gasteiger partial charge in [0.1, 0.15) is 0 Å². The number of hydrazine groups is 1. The van der Waals surface area contributed by atoms with Gasteiger partial charge in [0.2, 0.25) is 0 Å². The molecule has 0 unspecified atom stereocenters. The SMILES string of the molecule is Cc1cccc(NC(=S)NNC(=O)c2ccc3ccccc3c2)c1C. The highest BCUT2D eigenvalue weighted by molar-refractivity contribution is 7.80. The van der Waals surface area contributed by atoms with Gasteiger partial charge in [0.25, 0.3) is 5.91 Å². The minimum absolute atomic E-state index is 0.240. The van der Waals surface area contributed by atoms with Crippen LogP contribution in [0.5, 0.6) is 0 Å². The van der Waals surface area contributed by atoms with Crippen molar-refractivity contribution in [3.63, 3.8) is 0 Å². The van der Waals surface area contributed by atoms with Crippen molar-refractivity contribution in [1.82, 2.24) is 10.9 Å². The molecule has 0 fully saturated rings. The normalized spacial score (nSPS) is 10.3. The zero-order valence-corrected chi connectivity index (χ0v) is 14.9. The average molecular weight is 349 g/mol. The van der Waals surface area contributed by atoms with E-state index in [-0.39, 0.29) is 5.91 Å². The molecule has 1 amide bonds. The van der Waals surface area contributed by atoms with E-state index in [0.717, 1.165) is 22.0 Å². The highest BCUT2D eigenvalue weighted by atomic mass is 32.1. The predicted molar refractivity (Wildman–Crippen MR) is 107 cm³/mol. The quantitative estimate of drug-likeness (QED) is 0.482. The van der Waals surface area contributed by atoms with Crippen molar-refractivity contribution < 1.29 is 4.79 Å². The molecule has 3 N–H and O–H groups in total. The molecule has 0 aliphatic rings. The molecule has 0 saturated heterocycles. The summed E-state index contributed by atoms with van der Waals surface area (Å²) < 4.78 is 0. The maximum absolute atomic E-state index is 12.3. The summed E-state index contributed by atoms with van der Waals surface area (Å²) in [4.78, 5) is 12.3. The molecule has 0 spiro atoms. The third kappa shape index (κ3) is 3.95. The standard InChI is InChI=1S/C20H19N3OS/c1-13-6-5-9-18(14(13)2)21-20(25)23-22-19(24)17-11-10-15-7-3-4-8-16(15)12-17/h3-12H,1-2H3,(H,22,24)(H2,21,23,25). The van der Waals surface area contributed by atoms with Crippen LogP contribution in [-0.4, -0.2) is 11.0 Å². The molecule has 126 valence electrons. The molecule has 0 aliphatic carbocycles. The first-order valence-electron chi connectivity index (χ1n) is 7.97. The fraction of sp³-hybridized carbons (Fsp3) is 0.100. The largest absolute Gasteiger partial charge is 0.331 e. The van der Waals surface area contributed by atoms with Gasteiger partial charge in [-0.3, -0.25) is 15.6 Å². The van der Waals surface area contributed by atoms with Crippen molar-refractivity contribution in [2.45, 2.75) is 13.8 Å². The van der Waals surface area contributed by atoms with Gasteiger partial charge >= 0.3 is 0 Å². The summed E-state index contributed by atoms with van der Waals surface area (Å²) in [6, 6.07) is 19.4. The summed E-state index contributed by atoms with van der Waals surface area (Å²) in [5.41, 5.74) is 9.15. The second kappa shape index (κ2) is 7.32. The van der Waals surface area contributed by atoms with Crippen LogP contribution < -0.4 is 16.2 Å². The van der Waals surface area contributed by atoms with Crippen LogP contribution in [0.15, 0.2) is 60.7 Å². The smallest absolute Gasteiger partial charge is 0.269 e. The fourth-order valence-corrected chi connectivity index (χ4v) is 2.72. The summed E-state index contributed by atoms with van der Waals surface area (Å²) in [5.74, 6) is -0.240. The molecule has 4 nitrogen and oxygen atoms in total. The van der Waals surface area contributed by atoms with E-state index in [1.165, 1.54) is 5.56 Å². The lowest BCUT2D eigenvalue weighted by Gasteiger charge is -2.14. The minimum Gasteiger partial charge on any atom is -0.331 e. The van der Waals surface area contributed by atoms with E-state index in [1.54, 1.807) is 6.07 Å². The third-order valence-corrected chi connectivity index (χ3v) is 4.36. The summed E-state index contributed by atoms with van der Waals surface area (Å²) in [6.07, 6.45) is 0. The molecule has 3 rings (SSSR count). The molecule has 0 heterocycles. The van der Waals surface area contributed by atoms with Gasteiger partial charge in [0, 0.05) is 11.3 Å². The minimum atomic E-state index is -0.240. The lowest BCUT2D eigenvalue weighted by Crippen LogP contribution is -2.43. The highest BCUT2D eigenvalue weighted by Crippen LogP contribution is 2.18. The van der Waals surface area contributed by atoms with E-state index in [4.69, 9.17) is 12.2 Å². The maximum Gasteiger partial charge on any atom is 0.269 e. The second-order valence-electron chi connectivity index (χ2n) is 5.84. The van der Waals surface area contributed by atoms with Crippen LogP contribution >= 0.6 is 12.2 Å². The van der Waals surface area contributed by atoms with Gasteiger partial charge in [-0.15, -0.1) is 0 Å². The molecule has 5 heteroatoms. The van der Waals surface area contributed by atoms with Gasteiger partial charge in [-0.05, 0) is 66.2 Å². The molecule has 0 aliphatic heterocycles. The van der Waals surface area contributed by atoms with Gasteiger partial charge in [0.05, 0.1) is 0 Å². The molecule has 25 heavy (non-hydrogen) atoms. The summed E-state index contributed by atoms with van der Waals surface area (Å²) in [7, 11) is 0. The van der Waals surface area contributed by atoms with E-state index in [1.807, 2.05) is 68.4 Å². The van der Waals surface area contributed by atoms with Gasteiger partial charge < -0.3 is 5.32 Å². The van der Waals surface area contributed by atoms with Crippen LogP contribution in [0.3, 0.4) is 0 Å². The van der Waals surface area contributed by atoms with Crippen molar-refractivity contribution in [3.05, 3.63) is 77.4 Å². The molecule has 0 bridgehead atoms. The first kappa shape index (κ1) is 16.9. The monoisotopic (exact) mass is 349 g/mol. The van der Waals surface area contributed by atoms with Crippen LogP contribution in [0.25, 0.3) is 10.8 Å². The van der Waals surface area contributed by atoms with E-state index >= 15 is 0 Å². The van der Waals surface area contributed by atoms with Crippen molar-refractivity contribution in [2.24, 2.45) is 0 Å². The Morgan fingerprint density at radius 3 is 2.44 bits per heavy atom. The molecule has 3 aromatic carbocycles. The Hall–Kier alpha value is -2.92. The molecule has 0 atom stereocenters. The molecule has 0 saturated carbocycles. The van der Waals surface area contributed by atoms with Crippen molar-refractivity contribution in [2.75, 3.05) is 5.32 Å². The van der Waals surface area contributed by atoms with E-state index in [9.17, 15) is 4.79 Å². The van der Waals surface area contributed by atoms with E-state index in [2.05, 4.69) is 16.2 Å². The number of benzene rings is 3. The topological polar surface area (TPSA) is 53.2 Å². The molecule has 3 aromatic rings. The van der Waals surface area contributed by atoms with Crippen molar-refractivity contribution in [1.29, 1.82) is 0 Å². The number of carbonyl (C=O) groups is 1. The number of fused-ring (bicyclic) bond motifs is 1. The Morgan fingerprint density at radius 1 is 0.880 bits per heavy atom. The first-order chi connectivity index (χ1) is 12.0. The Morgan fingerprint density at radius 2 is 1.64 bits per heavy atom. The second-order valence-corrected chi connectivity index (χ2v) is 6.25. The van der Waals surface area contributed by atoms with Crippen LogP contribution in [0, 0.1) is 13.8 Å². The van der Waals surface area contributed by atoms with Crippen LogP contribution in [0.1, 0.15) is 21.5 Å². The summed E-state index contributed by atoms with van der Waals surface area (Å²) in [5, 5.41) is 5.55. The first-order valence-corrected chi connectivity index (χ1v) is 8.38.